The Hall–Kier alpha value is -2.75. The lowest BCUT2D eigenvalue weighted by atomic mass is 10.1. The zero-order valence-corrected chi connectivity index (χ0v) is 20.7. The first-order chi connectivity index (χ1) is 16.3. The summed E-state index contributed by atoms with van der Waals surface area (Å²) < 4.78 is 53.8. The van der Waals surface area contributed by atoms with E-state index in [4.69, 9.17) is 9.47 Å². The molecule has 0 atom stereocenters. The monoisotopic (exact) mass is 544 g/mol. The van der Waals surface area contributed by atoms with Crippen molar-refractivity contribution in [2.24, 2.45) is 0 Å². The van der Waals surface area contributed by atoms with Gasteiger partial charge in [-0.2, -0.15) is 0 Å². The third-order valence-corrected chi connectivity index (χ3v) is 8.63. The molecule has 5 rings (SSSR count). The van der Waals surface area contributed by atoms with Crippen molar-refractivity contribution in [3.63, 3.8) is 0 Å². The Bertz CT molecular complexity index is 1460. The molecule has 2 aromatic carbocycles. The Kier molecular flexibility index (Phi) is 6.18. The Balaban J connectivity index is 1.60. The second kappa shape index (κ2) is 9.13. The summed E-state index contributed by atoms with van der Waals surface area (Å²) in [4.78, 5) is 7.61. The second-order valence-corrected chi connectivity index (χ2v) is 11.0. The highest BCUT2D eigenvalue weighted by Crippen LogP contribution is 2.40. The molecule has 0 bridgehead atoms. The third kappa shape index (κ3) is 4.23. The lowest BCUT2D eigenvalue weighted by molar-refractivity contribution is 0.0240. The fourth-order valence-corrected chi connectivity index (χ4v) is 6.56. The average molecular weight is 545 g/mol. The topological polar surface area (TPSA) is 81.3 Å². The summed E-state index contributed by atoms with van der Waals surface area (Å²) in [6.45, 7) is 3.09. The van der Waals surface area contributed by atoms with Crippen molar-refractivity contribution < 1.29 is 22.3 Å². The van der Waals surface area contributed by atoms with E-state index in [0.29, 0.717) is 52.7 Å². The van der Waals surface area contributed by atoms with Crippen molar-refractivity contribution in [3.05, 3.63) is 70.7 Å². The predicted octanol–water partition coefficient (Wildman–Crippen LogP) is 5.83. The van der Waals surface area contributed by atoms with E-state index in [1.165, 1.54) is 12.3 Å². The van der Waals surface area contributed by atoms with Gasteiger partial charge in [0.25, 0.3) is 0 Å². The van der Waals surface area contributed by atoms with Gasteiger partial charge in [0.15, 0.2) is 11.6 Å². The maximum Gasteiger partial charge on any atom is 0.208 e. The summed E-state index contributed by atoms with van der Waals surface area (Å²) in [5, 5.41) is 0.396. The quantitative estimate of drug-likeness (QED) is 0.341. The summed E-state index contributed by atoms with van der Waals surface area (Å²) in [7, 11) is -3.89. The van der Waals surface area contributed by atoms with E-state index in [1.807, 2.05) is 6.92 Å². The number of sulfone groups is 1. The number of hydrogen-bond acceptors (Lipinski definition) is 5. The molecule has 4 aromatic rings. The molecular weight excluding hydrogens is 523 g/mol. The van der Waals surface area contributed by atoms with Gasteiger partial charge in [0.2, 0.25) is 9.84 Å². The minimum atomic E-state index is -3.89. The largest absolute Gasteiger partial charge is 0.487 e. The molecule has 1 aliphatic heterocycles. The van der Waals surface area contributed by atoms with Gasteiger partial charge >= 0.3 is 0 Å². The van der Waals surface area contributed by atoms with Crippen LogP contribution in [-0.4, -0.2) is 37.7 Å². The van der Waals surface area contributed by atoms with E-state index in [9.17, 15) is 8.42 Å². The number of H-pyrrole nitrogens is 1. The fourth-order valence-electron chi connectivity index (χ4n) is 4.11. The maximum absolute atomic E-state index is 15.0. The molecule has 3 heterocycles. The van der Waals surface area contributed by atoms with E-state index in [2.05, 4.69) is 25.9 Å². The number of fused-ring (bicyclic) bond motifs is 1. The number of nitrogens with zero attached hydrogens (tertiary/aromatic N) is 1. The molecule has 1 fully saturated rings. The molecule has 0 aliphatic carbocycles. The Morgan fingerprint density at radius 3 is 2.59 bits per heavy atom. The van der Waals surface area contributed by atoms with E-state index >= 15 is 4.39 Å². The van der Waals surface area contributed by atoms with Gasteiger partial charge in [0, 0.05) is 36.2 Å². The van der Waals surface area contributed by atoms with Crippen molar-refractivity contribution in [1.29, 1.82) is 0 Å². The fraction of sp³-hybridized carbons (Fsp3) is 0.240. The molecule has 9 heteroatoms. The molecule has 6 nitrogen and oxygen atoms in total. The van der Waals surface area contributed by atoms with Gasteiger partial charge < -0.3 is 14.5 Å². The Labute approximate surface area is 205 Å². The summed E-state index contributed by atoms with van der Waals surface area (Å²) >= 11 is 3.38. The number of aromatic amines is 1. The van der Waals surface area contributed by atoms with Crippen molar-refractivity contribution in [2.75, 3.05) is 13.2 Å². The first-order valence-electron chi connectivity index (χ1n) is 10.9. The number of nitrogens with one attached hydrogen (secondary N) is 1. The smallest absolute Gasteiger partial charge is 0.208 e. The average Bonchev–Trinajstić information content (AvgIpc) is 3.25. The van der Waals surface area contributed by atoms with Crippen LogP contribution >= 0.6 is 15.9 Å². The van der Waals surface area contributed by atoms with Crippen molar-refractivity contribution >= 4 is 36.8 Å². The van der Waals surface area contributed by atoms with Crippen LogP contribution in [0.3, 0.4) is 0 Å². The predicted molar refractivity (Wildman–Crippen MR) is 130 cm³/mol. The molecule has 1 N–H and O–H groups in total. The van der Waals surface area contributed by atoms with Crippen LogP contribution in [0.1, 0.15) is 18.4 Å². The maximum atomic E-state index is 15.0. The number of pyridine rings is 1. The van der Waals surface area contributed by atoms with Crippen LogP contribution in [0.2, 0.25) is 0 Å². The van der Waals surface area contributed by atoms with Gasteiger partial charge in [-0.1, -0.05) is 23.8 Å². The molecule has 0 amide bonds. The van der Waals surface area contributed by atoms with E-state index in [-0.39, 0.29) is 21.6 Å². The molecule has 0 saturated carbocycles. The Morgan fingerprint density at radius 2 is 1.88 bits per heavy atom. The normalized spacial score (nSPS) is 15.0. The molecular formula is C25H22BrFN2O4S. The van der Waals surface area contributed by atoms with Crippen LogP contribution in [0.15, 0.2) is 69.1 Å². The number of benzene rings is 2. The molecule has 1 aliphatic rings. The SMILES string of the molecule is Cc1ccc(S(=O)(=O)c2c(Br)cnc3[nH]cc(-c4ccc(OC5CCOCC5)c(F)c4)c23)cc1. The van der Waals surface area contributed by atoms with Crippen molar-refractivity contribution in [1.82, 2.24) is 9.97 Å². The van der Waals surface area contributed by atoms with E-state index < -0.39 is 15.7 Å². The minimum absolute atomic E-state index is 0.0838. The van der Waals surface area contributed by atoms with Gasteiger partial charge in [-0.15, -0.1) is 0 Å². The third-order valence-electron chi connectivity index (χ3n) is 5.92. The summed E-state index contributed by atoms with van der Waals surface area (Å²) in [6.07, 6.45) is 4.43. The van der Waals surface area contributed by atoms with Gasteiger partial charge in [0.1, 0.15) is 11.8 Å². The number of rotatable bonds is 5. The van der Waals surface area contributed by atoms with Crippen LogP contribution in [0.5, 0.6) is 5.75 Å². The lowest BCUT2D eigenvalue weighted by Crippen LogP contribution is -2.26. The van der Waals surface area contributed by atoms with Crippen LogP contribution in [0.4, 0.5) is 4.39 Å². The molecule has 0 unspecified atom stereocenters. The highest BCUT2D eigenvalue weighted by atomic mass is 79.9. The van der Waals surface area contributed by atoms with Gasteiger partial charge in [-0.3, -0.25) is 0 Å². The number of ether oxygens (including phenoxy) is 2. The highest BCUT2D eigenvalue weighted by molar-refractivity contribution is 9.10. The first kappa shape index (κ1) is 23.0. The lowest BCUT2D eigenvalue weighted by Gasteiger charge is -2.23. The van der Waals surface area contributed by atoms with E-state index in [0.717, 1.165) is 5.56 Å². The molecule has 2 aromatic heterocycles. The zero-order valence-electron chi connectivity index (χ0n) is 18.3. The molecule has 1 saturated heterocycles. The number of hydrogen-bond donors (Lipinski definition) is 1. The molecule has 34 heavy (non-hydrogen) atoms. The minimum Gasteiger partial charge on any atom is -0.487 e. The van der Waals surface area contributed by atoms with Crippen LogP contribution < -0.4 is 4.74 Å². The number of aryl methyl sites for hydroxylation is 1. The van der Waals surface area contributed by atoms with Gasteiger partial charge in [-0.25, -0.2) is 17.8 Å². The van der Waals surface area contributed by atoms with Gasteiger partial charge in [0.05, 0.1) is 27.5 Å². The highest BCUT2D eigenvalue weighted by Gasteiger charge is 2.27. The molecule has 0 spiro atoms. The van der Waals surface area contributed by atoms with E-state index in [1.54, 1.807) is 42.6 Å². The second-order valence-electron chi connectivity index (χ2n) is 8.25. The number of halogens is 2. The van der Waals surface area contributed by atoms with Crippen LogP contribution in [0.25, 0.3) is 22.2 Å². The molecule has 176 valence electrons. The summed E-state index contributed by atoms with van der Waals surface area (Å²) in [6, 6.07) is 11.3. The van der Waals surface area contributed by atoms with Crippen LogP contribution in [0, 0.1) is 12.7 Å². The zero-order chi connectivity index (χ0) is 23.9. The van der Waals surface area contributed by atoms with Crippen molar-refractivity contribution in [3.8, 4) is 16.9 Å². The van der Waals surface area contributed by atoms with Gasteiger partial charge in [-0.05, 0) is 52.7 Å². The summed E-state index contributed by atoms with van der Waals surface area (Å²) in [5.41, 5.74) is 2.40. The summed E-state index contributed by atoms with van der Waals surface area (Å²) in [5.74, 6) is -0.341. The van der Waals surface area contributed by atoms with Crippen molar-refractivity contribution in [2.45, 2.75) is 35.7 Å². The Morgan fingerprint density at radius 1 is 1.15 bits per heavy atom. The van der Waals surface area contributed by atoms with Crippen LogP contribution in [-0.2, 0) is 14.6 Å². The first-order valence-corrected chi connectivity index (χ1v) is 13.1. The molecule has 0 radical (unpaired) electrons. The standard InChI is InChI=1S/C25H22BrFN2O4S/c1-15-2-5-18(6-3-15)34(30,31)24-20(26)14-29-25-23(24)19(13-28-25)16-4-7-22(21(27)12-16)33-17-8-10-32-11-9-17/h2-7,12-14,17H,8-11H2,1H3,(H,28,29). The number of aromatic nitrogens is 2.